The van der Waals surface area contributed by atoms with Gasteiger partial charge in [0.2, 0.25) is 0 Å². The molecule has 0 aliphatic carbocycles. The maximum absolute atomic E-state index is 12.6. The fourth-order valence-electron chi connectivity index (χ4n) is 3.05. The van der Waals surface area contributed by atoms with Crippen LogP contribution in [0.25, 0.3) is 0 Å². The molecule has 0 aromatic heterocycles. The number of carbonyl (C=O) groups is 2. The molecule has 3 rings (SSSR count). The number of amides is 2. The number of halogens is 1. The zero-order chi connectivity index (χ0) is 21.5. The van der Waals surface area contributed by atoms with Crippen LogP contribution in [0.4, 0.5) is 5.69 Å². The van der Waals surface area contributed by atoms with Gasteiger partial charge >= 0.3 is 0 Å². The van der Waals surface area contributed by atoms with Gasteiger partial charge in [0.05, 0.1) is 16.3 Å². The molecule has 154 valence electrons. The number of rotatable bonds is 7. The van der Waals surface area contributed by atoms with Crippen molar-refractivity contribution in [2.24, 2.45) is 0 Å². The zero-order valence-corrected chi connectivity index (χ0v) is 17.6. The molecule has 0 unspecified atom stereocenters. The highest BCUT2D eigenvalue weighted by Crippen LogP contribution is 2.27. The number of carbonyl (C=O) groups excluding carboxylic acids is 2. The van der Waals surface area contributed by atoms with Crippen molar-refractivity contribution in [1.29, 1.82) is 0 Å². The van der Waals surface area contributed by atoms with Crippen molar-refractivity contribution >= 4 is 29.1 Å². The molecule has 0 saturated carbocycles. The molecule has 6 heteroatoms. The quantitative estimate of drug-likeness (QED) is 0.568. The van der Waals surface area contributed by atoms with Crippen molar-refractivity contribution in [2.45, 2.75) is 20.4 Å². The van der Waals surface area contributed by atoms with Crippen LogP contribution < -0.4 is 15.4 Å². The lowest BCUT2D eigenvalue weighted by molar-refractivity contribution is -0.118. The molecular weight excluding hydrogens is 400 g/mol. The number of hydrogen-bond donors (Lipinski definition) is 2. The van der Waals surface area contributed by atoms with E-state index in [4.69, 9.17) is 16.3 Å². The van der Waals surface area contributed by atoms with Crippen molar-refractivity contribution in [3.8, 4) is 5.75 Å². The number of para-hydroxylation sites is 1. The summed E-state index contributed by atoms with van der Waals surface area (Å²) in [4.78, 5) is 25.0. The Morgan fingerprint density at radius 2 is 1.67 bits per heavy atom. The maximum Gasteiger partial charge on any atom is 0.262 e. The monoisotopic (exact) mass is 422 g/mol. The van der Waals surface area contributed by atoms with Crippen LogP contribution in [0.15, 0.2) is 66.7 Å². The molecule has 0 radical (unpaired) electrons. The highest BCUT2D eigenvalue weighted by atomic mass is 35.5. The summed E-state index contributed by atoms with van der Waals surface area (Å²) >= 11 is 6.24. The van der Waals surface area contributed by atoms with Crippen LogP contribution in [0.5, 0.6) is 5.75 Å². The van der Waals surface area contributed by atoms with Gasteiger partial charge in [0.25, 0.3) is 11.8 Å². The second kappa shape index (κ2) is 9.94. The SMILES string of the molecule is Cc1cc(C)c(NC(=O)COc2ccccc2C(=O)NCc2ccccc2)c(Cl)c1. The molecule has 0 aliphatic rings. The Balaban J connectivity index is 1.62. The lowest BCUT2D eigenvalue weighted by Gasteiger charge is -2.14. The van der Waals surface area contributed by atoms with Gasteiger partial charge in [-0.1, -0.05) is 60.1 Å². The van der Waals surface area contributed by atoms with Crippen LogP contribution >= 0.6 is 11.6 Å². The third kappa shape index (κ3) is 5.61. The van der Waals surface area contributed by atoms with Crippen LogP contribution in [-0.2, 0) is 11.3 Å². The van der Waals surface area contributed by atoms with Crippen LogP contribution in [0, 0.1) is 13.8 Å². The van der Waals surface area contributed by atoms with Crippen LogP contribution in [0.2, 0.25) is 5.02 Å². The second-order valence-electron chi connectivity index (χ2n) is 6.94. The molecule has 2 N–H and O–H groups in total. The van der Waals surface area contributed by atoms with Gasteiger partial charge in [-0.05, 0) is 48.7 Å². The maximum atomic E-state index is 12.6. The van der Waals surface area contributed by atoms with Gasteiger partial charge < -0.3 is 15.4 Å². The van der Waals surface area contributed by atoms with E-state index in [0.717, 1.165) is 16.7 Å². The van der Waals surface area contributed by atoms with E-state index in [2.05, 4.69) is 10.6 Å². The van der Waals surface area contributed by atoms with E-state index in [9.17, 15) is 9.59 Å². The summed E-state index contributed by atoms with van der Waals surface area (Å²) in [6.07, 6.45) is 0. The number of nitrogens with one attached hydrogen (secondary N) is 2. The minimum Gasteiger partial charge on any atom is -0.483 e. The molecule has 0 atom stereocenters. The molecule has 30 heavy (non-hydrogen) atoms. The van der Waals surface area contributed by atoms with E-state index in [0.29, 0.717) is 28.6 Å². The van der Waals surface area contributed by atoms with Crippen LogP contribution in [0.3, 0.4) is 0 Å². The molecule has 2 amide bonds. The minimum absolute atomic E-state index is 0.243. The fourth-order valence-corrected chi connectivity index (χ4v) is 3.41. The Morgan fingerprint density at radius 1 is 0.967 bits per heavy atom. The summed E-state index contributed by atoms with van der Waals surface area (Å²) in [6.45, 7) is 3.97. The van der Waals surface area contributed by atoms with Crippen LogP contribution in [-0.4, -0.2) is 18.4 Å². The van der Waals surface area contributed by atoms with Crippen LogP contribution in [0.1, 0.15) is 27.0 Å². The Bertz CT molecular complexity index is 1030. The van der Waals surface area contributed by atoms with Crippen molar-refractivity contribution in [3.63, 3.8) is 0 Å². The molecule has 0 heterocycles. The van der Waals surface area contributed by atoms with Gasteiger partial charge in [0.1, 0.15) is 5.75 Å². The van der Waals surface area contributed by atoms with Crippen molar-refractivity contribution in [1.82, 2.24) is 5.32 Å². The molecular formula is C24H23ClN2O3. The number of hydrogen-bond acceptors (Lipinski definition) is 3. The van der Waals surface area contributed by atoms with Gasteiger partial charge in [-0.2, -0.15) is 0 Å². The van der Waals surface area contributed by atoms with E-state index in [-0.39, 0.29) is 18.4 Å². The van der Waals surface area contributed by atoms with E-state index in [1.54, 1.807) is 30.3 Å². The average Bonchev–Trinajstić information content (AvgIpc) is 2.74. The second-order valence-corrected chi connectivity index (χ2v) is 7.35. The van der Waals surface area contributed by atoms with E-state index >= 15 is 0 Å². The first kappa shape index (κ1) is 21.4. The summed E-state index contributed by atoms with van der Waals surface area (Å²) in [5.74, 6) is -0.291. The summed E-state index contributed by atoms with van der Waals surface area (Å²) in [5.41, 5.74) is 3.81. The summed E-state index contributed by atoms with van der Waals surface area (Å²) in [5, 5.41) is 6.11. The predicted molar refractivity (Wildman–Crippen MR) is 119 cm³/mol. The molecule has 5 nitrogen and oxygen atoms in total. The Morgan fingerprint density at radius 3 is 2.40 bits per heavy atom. The number of aryl methyl sites for hydroxylation is 2. The third-order valence-corrected chi connectivity index (χ3v) is 4.78. The third-order valence-electron chi connectivity index (χ3n) is 4.48. The lowest BCUT2D eigenvalue weighted by atomic mass is 10.1. The zero-order valence-electron chi connectivity index (χ0n) is 16.9. The summed E-state index contributed by atoms with van der Waals surface area (Å²) in [6, 6.07) is 20.2. The van der Waals surface area contributed by atoms with Crippen molar-refractivity contribution in [3.05, 3.63) is 94.0 Å². The number of ether oxygens (including phenoxy) is 1. The standard InChI is InChI=1S/C24H23ClN2O3/c1-16-12-17(2)23(20(25)13-16)27-22(28)15-30-21-11-7-6-10-19(21)24(29)26-14-18-8-4-3-5-9-18/h3-13H,14-15H2,1-2H3,(H,26,29)(H,27,28). The molecule has 0 fully saturated rings. The molecule has 3 aromatic rings. The first-order chi connectivity index (χ1) is 14.4. The van der Waals surface area contributed by atoms with E-state index in [1.807, 2.05) is 50.2 Å². The van der Waals surface area contributed by atoms with Crippen molar-refractivity contribution < 1.29 is 14.3 Å². The highest BCUT2D eigenvalue weighted by Gasteiger charge is 2.14. The molecule has 3 aromatic carbocycles. The van der Waals surface area contributed by atoms with Crippen molar-refractivity contribution in [2.75, 3.05) is 11.9 Å². The van der Waals surface area contributed by atoms with Gasteiger partial charge in [0.15, 0.2) is 6.61 Å². The lowest BCUT2D eigenvalue weighted by Crippen LogP contribution is -2.25. The van der Waals surface area contributed by atoms with Gasteiger partial charge in [-0.15, -0.1) is 0 Å². The first-order valence-electron chi connectivity index (χ1n) is 9.54. The number of benzene rings is 3. The topological polar surface area (TPSA) is 67.4 Å². The first-order valence-corrected chi connectivity index (χ1v) is 9.92. The molecule has 0 bridgehead atoms. The molecule has 0 spiro atoms. The minimum atomic E-state index is -0.358. The van der Waals surface area contributed by atoms with E-state index < -0.39 is 0 Å². The average molecular weight is 423 g/mol. The van der Waals surface area contributed by atoms with Gasteiger partial charge in [-0.3, -0.25) is 9.59 Å². The Labute approximate surface area is 181 Å². The smallest absolute Gasteiger partial charge is 0.262 e. The Kier molecular flexibility index (Phi) is 7.09. The summed E-state index contributed by atoms with van der Waals surface area (Å²) in [7, 11) is 0. The van der Waals surface area contributed by atoms with Gasteiger partial charge in [-0.25, -0.2) is 0 Å². The Hall–Kier alpha value is -3.31. The molecule has 0 saturated heterocycles. The summed E-state index contributed by atoms with van der Waals surface area (Å²) < 4.78 is 5.63. The molecule has 0 aliphatic heterocycles. The normalized spacial score (nSPS) is 10.4. The van der Waals surface area contributed by atoms with Gasteiger partial charge in [0, 0.05) is 6.54 Å². The number of anilines is 1. The highest BCUT2D eigenvalue weighted by molar-refractivity contribution is 6.34. The van der Waals surface area contributed by atoms with E-state index in [1.165, 1.54) is 0 Å². The largest absolute Gasteiger partial charge is 0.483 e. The predicted octanol–water partition coefficient (Wildman–Crippen LogP) is 4.90. The fraction of sp³-hybridized carbons (Fsp3) is 0.167.